The molecule has 6 heterocycles. The molecule has 3 N–H and O–H groups in total. The van der Waals surface area contributed by atoms with Gasteiger partial charge in [-0.05, 0) is 112 Å². The summed E-state index contributed by atoms with van der Waals surface area (Å²) >= 11 is 0. The summed E-state index contributed by atoms with van der Waals surface area (Å²) in [6.45, 7) is 11.6. The van der Waals surface area contributed by atoms with Crippen LogP contribution in [0.15, 0.2) is 54.7 Å². The molecule has 0 unspecified atom stereocenters. The number of alkyl halides is 2. The number of carbonyl (C=O) groups excluding carboxylic acids is 2. The van der Waals surface area contributed by atoms with E-state index in [1.807, 2.05) is 74.8 Å². The molecule has 3 atom stereocenters. The zero-order valence-corrected chi connectivity index (χ0v) is 33.2. The van der Waals surface area contributed by atoms with Gasteiger partial charge in [-0.2, -0.15) is 5.10 Å². The smallest absolute Gasteiger partial charge is 0.310 e. The van der Waals surface area contributed by atoms with Crippen molar-refractivity contribution in [3.05, 3.63) is 88.6 Å². The summed E-state index contributed by atoms with van der Waals surface area (Å²) in [6.07, 6.45) is 1.59. The van der Waals surface area contributed by atoms with Gasteiger partial charge in [0.2, 0.25) is 0 Å². The lowest BCUT2D eigenvalue weighted by atomic mass is 9.94. The van der Waals surface area contributed by atoms with Crippen molar-refractivity contribution in [2.75, 3.05) is 36.8 Å². The highest BCUT2D eigenvalue weighted by atomic mass is 19.3. The minimum Gasteiger partial charge on any atom is -0.463 e. The highest BCUT2D eigenvalue weighted by molar-refractivity contribution is 6.04. The van der Waals surface area contributed by atoms with Gasteiger partial charge in [-0.25, -0.2) is 18.7 Å². The standard InChI is InChI=1S/C43H49F2N9O4/c1-24(2)58-43(57)28-13-17-53(22-28)36-12-7-15-54-37(36)19-35(51-54)42(56)49-33-11-6-9-31(26(33)4)30-8-5-10-32(25(30)3)47-40-38-34(48-41(50-40)39(44)45)18-27(20-46-38)21-52-16-14-29(55)23-52/h5-6,8-11,18-20,24,28-29,36,39,55H,7,12-17,21-23H2,1-4H3,(H,49,56)(H,47,48,50)/t28-,29-,36+/m1/s1. The van der Waals surface area contributed by atoms with Crippen molar-refractivity contribution >= 4 is 40.1 Å². The number of benzene rings is 2. The number of β-amino-alcohol motifs (C(OH)–C–C–N with tert-alkyl or cyclic N) is 1. The number of anilines is 3. The third-order valence-corrected chi connectivity index (χ3v) is 11.5. The molecule has 2 aromatic carbocycles. The molecule has 3 aromatic heterocycles. The van der Waals surface area contributed by atoms with E-state index in [9.17, 15) is 23.5 Å². The quantitative estimate of drug-likeness (QED) is 0.117. The van der Waals surface area contributed by atoms with Gasteiger partial charge in [-0.3, -0.25) is 29.1 Å². The van der Waals surface area contributed by atoms with E-state index in [-0.39, 0.29) is 41.9 Å². The summed E-state index contributed by atoms with van der Waals surface area (Å²) in [5.74, 6) is -1.04. The van der Waals surface area contributed by atoms with Crippen molar-refractivity contribution < 1.29 is 28.2 Å². The van der Waals surface area contributed by atoms with Gasteiger partial charge in [0.05, 0.1) is 35.4 Å². The predicted molar refractivity (Wildman–Crippen MR) is 216 cm³/mol. The Labute approximate surface area is 335 Å². The van der Waals surface area contributed by atoms with Crippen LogP contribution in [-0.4, -0.2) is 89.9 Å². The number of fused-ring (bicyclic) bond motifs is 2. The second kappa shape index (κ2) is 16.5. The van der Waals surface area contributed by atoms with Crippen LogP contribution >= 0.6 is 0 Å². The lowest BCUT2D eigenvalue weighted by Crippen LogP contribution is -2.32. The molecular formula is C43H49F2N9O4. The van der Waals surface area contributed by atoms with Gasteiger partial charge in [0.25, 0.3) is 12.3 Å². The van der Waals surface area contributed by atoms with E-state index < -0.39 is 12.2 Å². The Morgan fingerprint density at radius 2 is 1.71 bits per heavy atom. The SMILES string of the molecule is Cc1c(NC(=O)c2cc3n(n2)CCC[C@@H]3N2CC[C@@H](C(=O)OC(C)C)C2)cccc1-c1cccc(Nc2nc(C(F)F)nc3cc(CN4CC[C@@H](O)C4)cnc23)c1C. The predicted octanol–water partition coefficient (Wildman–Crippen LogP) is 7.11. The Hall–Kier alpha value is -5.38. The third-order valence-electron chi connectivity index (χ3n) is 11.5. The van der Waals surface area contributed by atoms with E-state index in [0.29, 0.717) is 54.2 Å². The van der Waals surface area contributed by atoms with Crippen molar-refractivity contribution in [1.82, 2.24) is 34.5 Å². The maximum atomic E-state index is 14.1. The molecule has 58 heavy (non-hydrogen) atoms. The fraction of sp³-hybridized carbons (Fsp3) is 0.442. The lowest BCUT2D eigenvalue weighted by Gasteiger charge is -2.31. The van der Waals surface area contributed by atoms with Crippen LogP contribution in [-0.2, 0) is 22.6 Å². The Morgan fingerprint density at radius 1 is 0.948 bits per heavy atom. The highest BCUT2D eigenvalue weighted by Gasteiger charge is 2.37. The number of ether oxygens (including phenoxy) is 1. The molecule has 3 aliphatic rings. The van der Waals surface area contributed by atoms with E-state index in [0.717, 1.165) is 72.4 Å². The molecule has 0 saturated carbocycles. The second-order valence-electron chi connectivity index (χ2n) is 16.0. The topological polar surface area (TPSA) is 151 Å². The van der Waals surface area contributed by atoms with Gasteiger partial charge in [-0.1, -0.05) is 24.3 Å². The minimum absolute atomic E-state index is 0.0692. The molecule has 13 nitrogen and oxygen atoms in total. The maximum Gasteiger partial charge on any atom is 0.310 e. The monoisotopic (exact) mass is 793 g/mol. The number of rotatable bonds is 11. The van der Waals surface area contributed by atoms with E-state index >= 15 is 0 Å². The Balaban J connectivity index is 1.01. The van der Waals surface area contributed by atoms with Crippen molar-refractivity contribution in [2.24, 2.45) is 5.92 Å². The molecule has 5 aromatic rings. The lowest BCUT2D eigenvalue weighted by molar-refractivity contribution is -0.152. The van der Waals surface area contributed by atoms with Crippen molar-refractivity contribution in [3.63, 3.8) is 0 Å². The number of nitrogens with one attached hydrogen (secondary N) is 2. The fourth-order valence-electron chi connectivity index (χ4n) is 8.54. The molecule has 8 rings (SSSR count). The number of likely N-dealkylation sites (tertiary alicyclic amines) is 2. The molecular weight excluding hydrogens is 745 g/mol. The largest absolute Gasteiger partial charge is 0.463 e. The van der Waals surface area contributed by atoms with E-state index in [2.05, 4.69) is 35.4 Å². The first kappa shape index (κ1) is 39.4. The fourth-order valence-corrected chi connectivity index (χ4v) is 8.54. The average molecular weight is 794 g/mol. The Kier molecular flexibility index (Phi) is 11.2. The zero-order valence-electron chi connectivity index (χ0n) is 33.2. The van der Waals surface area contributed by atoms with Gasteiger partial charge in [-0.15, -0.1) is 0 Å². The molecule has 3 aliphatic heterocycles. The molecule has 15 heteroatoms. The van der Waals surface area contributed by atoms with E-state index in [4.69, 9.17) is 9.84 Å². The molecule has 0 aliphatic carbocycles. The summed E-state index contributed by atoms with van der Waals surface area (Å²) < 4.78 is 35.6. The number of aromatic nitrogens is 5. The maximum absolute atomic E-state index is 14.1. The van der Waals surface area contributed by atoms with Crippen molar-refractivity contribution in [1.29, 1.82) is 0 Å². The first-order valence-corrected chi connectivity index (χ1v) is 20.1. The number of aryl methyl sites for hydroxylation is 1. The molecule has 0 bridgehead atoms. The van der Waals surface area contributed by atoms with Crippen LogP contribution in [0.1, 0.15) is 90.7 Å². The van der Waals surface area contributed by atoms with E-state index in [1.165, 1.54) is 0 Å². The summed E-state index contributed by atoms with van der Waals surface area (Å²) in [4.78, 5) is 43.8. The number of aliphatic hydroxyl groups is 1. The molecule has 2 saturated heterocycles. The number of hydrogen-bond acceptors (Lipinski definition) is 11. The number of aliphatic hydroxyl groups excluding tert-OH is 1. The van der Waals surface area contributed by atoms with Gasteiger partial charge in [0.1, 0.15) is 5.52 Å². The normalized spacial score (nSPS) is 19.9. The third kappa shape index (κ3) is 8.16. The first-order valence-electron chi connectivity index (χ1n) is 20.1. The van der Waals surface area contributed by atoms with Crippen LogP contribution in [0.2, 0.25) is 0 Å². The second-order valence-corrected chi connectivity index (χ2v) is 16.0. The Bertz CT molecular complexity index is 2350. The number of carbonyl (C=O) groups is 2. The summed E-state index contributed by atoms with van der Waals surface area (Å²) in [6, 6.07) is 15.1. The number of amides is 1. The molecule has 0 radical (unpaired) electrons. The number of halogens is 2. The molecule has 304 valence electrons. The number of hydrogen-bond donors (Lipinski definition) is 3. The van der Waals surface area contributed by atoms with Gasteiger partial charge in [0, 0.05) is 50.3 Å². The molecule has 1 amide bonds. The number of pyridine rings is 1. The van der Waals surface area contributed by atoms with Crippen molar-refractivity contribution in [3.8, 4) is 11.1 Å². The van der Waals surface area contributed by atoms with Crippen LogP contribution in [0.4, 0.5) is 26.0 Å². The Morgan fingerprint density at radius 3 is 2.43 bits per heavy atom. The molecule has 0 spiro atoms. The van der Waals surface area contributed by atoms with Crippen LogP contribution in [0.25, 0.3) is 22.2 Å². The zero-order chi connectivity index (χ0) is 40.7. The van der Waals surface area contributed by atoms with Crippen LogP contribution in [0, 0.1) is 19.8 Å². The molecule has 2 fully saturated rings. The van der Waals surface area contributed by atoms with E-state index in [1.54, 1.807) is 12.3 Å². The average Bonchev–Trinajstić information content (AvgIpc) is 3.96. The van der Waals surface area contributed by atoms with Gasteiger partial charge in [0.15, 0.2) is 17.3 Å². The van der Waals surface area contributed by atoms with Crippen LogP contribution in [0.5, 0.6) is 0 Å². The number of nitrogens with zero attached hydrogens (tertiary/aromatic N) is 7. The van der Waals surface area contributed by atoms with Gasteiger partial charge >= 0.3 is 5.97 Å². The van der Waals surface area contributed by atoms with Crippen LogP contribution in [0.3, 0.4) is 0 Å². The highest BCUT2D eigenvalue weighted by Crippen LogP contribution is 2.38. The first-order chi connectivity index (χ1) is 27.9. The van der Waals surface area contributed by atoms with Crippen molar-refractivity contribution in [2.45, 2.75) is 91.1 Å². The summed E-state index contributed by atoms with van der Waals surface area (Å²) in [5.41, 5.74) is 7.56. The van der Waals surface area contributed by atoms with Gasteiger partial charge < -0.3 is 20.5 Å². The summed E-state index contributed by atoms with van der Waals surface area (Å²) in [5, 5.41) is 21.0. The van der Waals surface area contributed by atoms with Crippen LogP contribution < -0.4 is 10.6 Å². The number of esters is 1. The minimum atomic E-state index is -2.89. The summed E-state index contributed by atoms with van der Waals surface area (Å²) in [7, 11) is 0.